The van der Waals surface area contributed by atoms with Crippen molar-refractivity contribution in [2.45, 2.75) is 34.9 Å². The molecule has 0 aliphatic rings. The van der Waals surface area contributed by atoms with Crippen molar-refractivity contribution in [3.05, 3.63) is 89.2 Å². The Bertz CT molecular complexity index is 1240. The van der Waals surface area contributed by atoms with Gasteiger partial charge in [0, 0.05) is 17.0 Å². The third-order valence-electron chi connectivity index (χ3n) is 4.99. The van der Waals surface area contributed by atoms with E-state index in [1.807, 2.05) is 0 Å². The highest BCUT2D eigenvalue weighted by atomic mass is 32.2. The molecule has 3 aromatic rings. The van der Waals surface area contributed by atoms with Crippen molar-refractivity contribution in [1.82, 2.24) is 5.32 Å². The summed E-state index contributed by atoms with van der Waals surface area (Å²) in [6.07, 6.45) is -12.9. The number of aliphatic hydroxyl groups excluding tert-OH is 1. The molecule has 3 rings (SSSR count). The first-order chi connectivity index (χ1) is 17.5. The number of benzene rings is 3. The molecule has 0 saturated carbocycles. The lowest BCUT2D eigenvalue weighted by Gasteiger charge is -2.24. The minimum absolute atomic E-state index is 0.0429. The van der Waals surface area contributed by atoms with Crippen LogP contribution in [0.1, 0.15) is 22.7 Å². The number of halogens is 10. The number of hydrogen-bond acceptors (Lipinski definition) is 4. The Hall–Kier alpha value is -2.97. The second kappa shape index (κ2) is 11.4. The van der Waals surface area contributed by atoms with E-state index >= 15 is 0 Å². The van der Waals surface area contributed by atoms with Gasteiger partial charge in [-0.15, -0.1) is 0 Å². The standard InChI is InChI=1S/C24H17F10NO2S/c25-19-8-7-14(22(26,27)28)10-18(19)21(35-12-20(36)23(29,30)31)13-3-1-4-15(9-13)37-16-5-2-6-17(11-16)38-24(32,33)34/h1-11,20-21,35-36H,12H2. The maximum absolute atomic E-state index is 14.7. The SMILES string of the molecule is OC(CNC(c1cccc(Oc2cccc(SC(F)(F)F)c2)c1)c1cc(C(F)(F)F)ccc1F)C(F)(F)F. The van der Waals surface area contributed by atoms with E-state index in [0.717, 1.165) is 6.07 Å². The average Bonchev–Trinajstić information content (AvgIpc) is 2.78. The molecular formula is C24H17F10NO2S. The summed E-state index contributed by atoms with van der Waals surface area (Å²) in [4.78, 5) is -0.196. The third kappa shape index (κ3) is 8.27. The van der Waals surface area contributed by atoms with Gasteiger partial charge in [0.05, 0.1) is 11.6 Å². The van der Waals surface area contributed by atoms with E-state index in [-0.39, 0.29) is 22.0 Å². The Morgan fingerprint density at radius 2 is 1.45 bits per heavy atom. The molecule has 0 heterocycles. The van der Waals surface area contributed by atoms with Crippen LogP contribution in [0, 0.1) is 5.82 Å². The minimum Gasteiger partial charge on any atom is -0.457 e. The Morgan fingerprint density at radius 3 is 2.05 bits per heavy atom. The van der Waals surface area contributed by atoms with Gasteiger partial charge in [-0.2, -0.15) is 39.5 Å². The second-order valence-electron chi connectivity index (χ2n) is 7.83. The Labute approximate surface area is 213 Å². The van der Waals surface area contributed by atoms with Crippen molar-refractivity contribution >= 4 is 11.8 Å². The Balaban J connectivity index is 1.98. The van der Waals surface area contributed by atoms with Crippen molar-refractivity contribution in [1.29, 1.82) is 0 Å². The van der Waals surface area contributed by atoms with Crippen molar-refractivity contribution < 1.29 is 53.7 Å². The van der Waals surface area contributed by atoms with E-state index in [0.29, 0.717) is 18.2 Å². The smallest absolute Gasteiger partial charge is 0.446 e. The summed E-state index contributed by atoms with van der Waals surface area (Å²) in [6, 6.07) is 9.74. The van der Waals surface area contributed by atoms with Crippen LogP contribution in [0.15, 0.2) is 71.6 Å². The van der Waals surface area contributed by atoms with Crippen LogP contribution in [0.2, 0.25) is 0 Å². The summed E-state index contributed by atoms with van der Waals surface area (Å²) in [6.45, 7) is -1.19. The molecule has 3 nitrogen and oxygen atoms in total. The number of aliphatic hydroxyl groups is 1. The maximum Gasteiger partial charge on any atom is 0.446 e. The lowest BCUT2D eigenvalue weighted by atomic mass is 9.95. The summed E-state index contributed by atoms with van der Waals surface area (Å²) in [7, 11) is 0. The van der Waals surface area contributed by atoms with Crippen LogP contribution < -0.4 is 10.1 Å². The first-order valence-corrected chi connectivity index (χ1v) is 11.3. The monoisotopic (exact) mass is 573 g/mol. The predicted octanol–water partition coefficient (Wildman–Crippen LogP) is 7.85. The fourth-order valence-corrected chi connectivity index (χ4v) is 3.91. The number of ether oxygens (including phenoxy) is 1. The molecule has 2 unspecified atom stereocenters. The van der Waals surface area contributed by atoms with Gasteiger partial charge in [0.2, 0.25) is 0 Å². The summed E-state index contributed by atoms with van der Waals surface area (Å²) in [5, 5.41) is 11.6. The number of hydrogen-bond donors (Lipinski definition) is 2. The molecule has 0 bridgehead atoms. The van der Waals surface area contributed by atoms with Gasteiger partial charge in [-0.3, -0.25) is 0 Å². The fourth-order valence-electron chi connectivity index (χ4n) is 3.32. The van der Waals surface area contributed by atoms with Crippen LogP contribution in [-0.4, -0.2) is 29.4 Å². The zero-order valence-corrected chi connectivity index (χ0v) is 19.6. The van der Waals surface area contributed by atoms with E-state index in [1.54, 1.807) is 0 Å². The Morgan fingerprint density at radius 1 is 0.816 bits per heavy atom. The minimum atomic E-state index is -5.06. The molecule has 206 valence electrons. The van der Waals surface area contributed by atoms with E-state index in [4.69, 9.17) is 4.74 Å². The van der Waals surface area contributed by atoms with Gasteiger partial charge in [-0.25, -0.2) is 4.39 Å². The van der Waals surface area contributed by atoms with Gasteiger partial charge in [-0.1, -0.05) is 18.2 Å². The molecule has 3 aromatic carbocycles. The molecule has 0 spiro atoms. The number of thioether (sulfide) groups is 1. The zero-order chi connectivity index (χ0) is 28.3. The Kier molecular flexibility index (Phi) is 8.89. The molecule has 0 aliphatic heterocycles. The molecule has 0 aliphatic carbocycles. The number of rotatable bonds is 8. The molecule has 0 fully saturated rings. The lowest BCUT2D eigenvalue weighted by molar-refractivity contribution is -0.202. The number of alkyl halides is 9. The van der Waals surface area contributed by atoms with Crippen LogP contribution in [0.4, 0.5) is 43.9 Å². The van der Waals surface area contributed by atoms with Gasteiger partial charge < -0.3 is 15.2 Å². The molecule has 14 heteroatoms. The predicted molar refractivity (Wildman–Crippen MR) is 118 cm³/mol. The van der Waals surface area contributed by atoms with E-state index in [9.17, 15) is 49.0 Å². The molecule has 2 atom stereocenters. The van der Waals surface area contributed by atoms with Crippen molar-refractivity contribution in [3.8, 4) is 11.5 Å². The molecule has 0 radical (unpaired) electrons. The highest BCUT2D eigenvalue weighted by molar-refractivity contribution is 8.00. The molecular weight excluding hydrogens is 556 g/mol. The number of nitrogens with one attached hydrogen (secondary N) is 1. The van der Waals surface area contributed by atoms with Gasteiger partial charge in [-0.05, 0) is 65.9 Å². The van der Waals surface area contributed by atoms with Gasteiger partial charge in [0.15, 0.2) is 6.10 Å². The summed E-state index contributed by atoms with van der Waals surface area (Å²) >= 11 is -0.392. The van der Waals surface area contributed by atoms with Crippen LogP contribution in [0.25, 0.3) is 0 Å². The first-order valence-electron chi connectivity index (χ1n) is 10.5. The topological polar surface area (TPSA) is 41.5 Å². The van der Waals surface area contributed by atoms with Crippen LogP contribution >= 0.6 is 11.8 Å². The van der Waals surface area contributed by atoms with Gasteiger partial charge in [0.1, 0.15) is 17.3 Å². The fraction of sp³-hybridized carbons (Fsp3) is 0.250. The van der Waals surface area contributed by atoms with Crippen LogP contribution in [0.5, 0.6) is 11.5 Å². The van der Waals surface area contributed by atoms with Gasteiger partial charge >= 0.3 is 17.9 Å². The lowest BCUT2D eigenvalue weighted by Crippen LogP contribution is -2.40. The van der Waals surface area contributed by atoms with E-state index in [2.05, 4.69) is 5.32 Å². The average molecular weight is 573 g/mol. The van der Waals surface area contributed by atoms with Crippen LogP contribution in [-0.2, 0) is 6.18 Å². The summed E-state index contributed by atoms with van der Waals surface area (Å²) < 4.78 is 136. The summed E-state index contributed by atoms with van der Waals surface area (Å²) in [5.74, 6) is -1.26. The summed E-state index contributed by atoms with van der Waals surface area (Å²) in [5.41, 5.74) is -6.53. The van der Waals surface area contributed by atoms with E-state index in [1.165, 1.54) is 42.5 Å². The normalized spacial score (nSPS) is 14.3. The largest absolute Gasteiger partial charge is 0.457 e. The van der Waals surface area contributed by atoms with Crippen molar-refractivity contribution in [2.75, 3.05) is 6.54 Å². The molecule has 0 aromatic heterocycles. The van der Waals surface area contributed by atoms with Crippen LogP contribution in [0.3, 0.4) is 0 Å². The zero-order valence-electron chi connectivity index (χ0n) is 18.8. The van der Waals surface area contributed by atoms with Gasteiger partial charge in [0.25, 0.3) is 0 Å². The molecule has 0 saturated heterocycles. The third-order valence-corrected chi connectivity index (χ3v) is 5.71. The van der Waals surface area contributed by atoms with Crippen molar-refractivity contribution in [2.24, 2.45) is 0 Å². The molecule has 38 heavy (non-hydrogen) atoms. The molecule has 2 N–H and O–H groups in total. The molecule has 0 amide bonds. The highest BCUT2D eigenvalue weighted by Crippen LogP contribution is 2.39. The second-order valence-corrected chi connectivity index (χ2v) is 8.97. The quantitative estimate of drug-likeness (QED) is 0.213. The van der Waals surface area contributed by atoms with E-state index < -0.39 is 65.3 Å². The first kappa shape index (κ1) is 29.6. The van der Waals surface area contributed by atoms with Crippen molar-refractivity contribution in [3.63, 3.8) is 0 Å². The maximum atomic E-state index is 14.7. The highest BCUT2D eigenvalue weighted by Gasteiger charge is 2.39.